The second kappa shape index (κ2) is 5.13. The predicted octanol–water partition coefficient (Wildman–Crippen LogP) is 2.42. The van der Waals surface area contributed by atoms with Crippen LogP contribution in [0, 0.1) is 5.41 Å². The molecule has 0 N–H and O–H groups in total. The number of hydrogen-bond acceptors (Lipinski definition) is 4. The molecular weight excluding hydrogens is 302 g/mol. The molecule has 1 aliphatic heterocycles. The van der Waals surface area contributed by atoms with Gasteiger partial charge in [0.2, 0.25) is 0 Å². The van der Waals surface area contributed by atoms with E-state index in [1.807, 2.05) is 11.2 Å². The van der Waals surface area contributed by atoms with Crippen LogP contribution in [-0.4, -0.2) is 43.6 Å². The minimum absolute atomic E-state index is 0.115. The number of carbonyl (C=O) groups excluding carboxylic acids is 1. The number of carbonyl (C=O) groups is 1. The summed E-state index contributed by atoms with van der Waals surface area (Å²) in [6.45, 7) is 1.60. The van der Waals surface area contributed by atoms with Crippen LogP contribution in [0.15, 0.2) is 30.9 Å². The molecule has 0 radical (unpaired) electrons. The van der Waals surface area contributed by atoms with Crippen LogP contribution in [-0.2, 0) is 0 Å². The standard InChI is InChI=1S/C18H21N5O/c24-17(13-4-8-19-9-5-13)22-10-15(18(11-22)6-1-7-18)16-21-20-12-23(16)14-2-3-14/h4-5,8-9,12,14-15H,1-3,6-7,10-11H2. The summed E-state index contributed by atoms with van der Waals surface area (Å²) < 4.78 is 2.27. The van der Waals surface area contributed by atoms with E-state index in [9.17, 15) is 4.79 Å². The van der Waals surface area contributed by atoms with Gasteiger partial charge in [-0.3, -0.25) is 9.78 Å². The van der Waals surface area contributed by atoms with E-state index in [2.05, 4.69) is 19.7 Å². The molecule has 1 unspecified atom stereocenters. The minimum atomic E-state index is 0.115. The van der Waals surface area contributed by atoms with Gasteiger partial charge in [-0.25, -0.2) is 0 Å². The molecule has 2 aliphatic carbocycles. The molecule has 3 heterocycles. The van der Waals surface area contributed by atoms with E-state index in [1.165, 1.54) is 32.1 Å². The van der Waals surface area contributed by atoms with E-state index >= 15 is 0 Å². The summed E-state index contributed by atoms with van der Waals surface area (Å²) in [5.41, 5.74) is 0.936. The Morgan fingerprint density at radius 1 is 1.21 bits per heavy atom. The summed E-state index contributed by atoms with van der Waals surface area (Å²) in [5, 5.41) is 8.65. The van der Waals surface area contributed by atoms with Crippen molar-refractivity contribution >= 4 is 5.91 Å². The molecule has 24 heavy (non-hydrogen) atoms. The van der Waals surface area contributed by atoms with Crippen LogP contribution in [0.5, 0.6) is 0 Å². The topological polar surface area (TPSA) is 63.9 Å². The van der Waals surface area contributed by atoms with Crippen molar-refractivity contribution in [2.75, 3.05) is 13.1 Å². The Morgan fingerprint density at radius 3 is 2.67 bits per heavy atom. The molecular formula is C18H21N5O. The zero-order valence-electron chi connectivity index (χ0n) is 13.6. The van der Waals surface area contributed by atoms with Gasteiger partial charge in [-0.2, -0.15) is 0 Å². The van der Waals surface area contributed by atoms with Gasteiger partial charge in [0.1, 0.15) is 12.2 Å². The van der Waals surface area contributed by atoms with Crippen LogP contribution >= 0.6 is 0 Å². The second-order valence-corrected chi connectivity index (χ2v) is 7.52. The lowest BCUT2D eigenvalue weighted by atomic mass is 9.62. The van der Waals surface area contributed by atoms with Gasteiger partial charge in [0.05, 0.1) is 0 Å². The molecule has 1 atom stereocenters. The lowest BCUT2D eigenvalue weighted by molar-refractivity contribution is 0.0723. The van der Waals surface area contributed by atoms with Crippen LogP contribution in [0.2, 0.25) is 0 Å². The van der Waals surface area contributed by atoms with Crippen molar-refractivity contribution in [3.05, 3.63) is 42.2 Å². The van der Waals surface area contributed by atoms with Gasteiger partial charge in [-0.1, -0.05) is 6.42 Å². The molecule has 2 aromatic heterocycles. The molecule has 6 heteroatoms. The number of rotatable bonds is 3. The SMILES string of the molecule is O=C(c1ccncc1)N1CC(c2nncn2C2CC2)C2(CCC2)C1. The number of amides is 1. The molecule has 2 aromatic rings. The smallest absolute Gasteiger partial charge is 0.254 e. The maximum absolute atomic E-state index is 12.9. The largest absolute Gasteiger partial charge is 0.337 e. The Bertz CT molecular complexity index is 763. The van der Waals surface area contributed by atoms with E-state index in [0.29, 0.717) is 12.0 Å². The Labute approximate surface area is 140 Å². The minimum Gasteiger partial charge on any atom is -0.337 e. The number of aromatic nitrogens is 4. The Morgan fingerprint density at radius 2 is 2.00 bits per heavy atom. The molecule has 5 rings (SSSR count). The molecule has 1 amide bonds. The molecule has 3 aliphatic rings. The van der Waals surface area contributed by atoms with Gasteiger partial charge < -0.3 is 9.47 Å². The first kappa shape index (κ1) is 14.1. The van der Waals surface area contributed by atoms with Crippen molar-refractivity contribution in [2.45, 2.75) is 44.1 Å². The molecule has 1 saturated heterocycles. The van der Waals surface area contributed by atoms with Crippen molar-refractivity contribution in [1.29, 1.82) is 0 Å². The Kier molecular flexibility index (Phi) is 3.02. The van der Waals surface area contributed by atoms with E-state index in [0.717, 1.165) is 24.5 Å². The van der Waals surface area contributed by atoms with Crippen molar-refractivity contribution in [3.63, 3.8) is 0 Å². The Hall–Kier alpha value is -2.24. The quantitative estimate of drug-likeness (QED) is 0.870. The fourth-order valence-electron chi connectivity index (χ4n) is 4.43. The van der Waals surface area contributed by atoms with Gasteiger partial charge in [0.15, 0.2) is 0 Å². The van der Waals surface area contributed by atoms with Crippen molar-refractivity contribution in [3.8, 4) is 0 Å². The second-order valence-electron chi connectivity index (χ2n) is 7.52. The van der Waals surface area contributed by atoms with Gasteiger partial charge in [0.25, 0.3) is 5.91 Å². The van der Waals surface area contributed by atoms with Crippen LogP contribution in [0.4, 0.5) is 0 Å². The normalized spacial score (nSPS) is 25.0. The van der Waals surface area contributed by atoms with Gasteiger partial charge in [-0.05, 0) is 43.2 Å². The van der Waals surface area contributed by atoms with Crippen molar-refractivity contribution < 1.29 is 4.79 Å². The average molecular weight is 323 g/mol. The maximum Gasteiger partial charge on any atom is 0.254 e. The average Bonchev–Trinajstić information content (AvgIpc) is 3.17. The Balaban J connectivity index is 1.45. The highest BCUT2D eigenvalue weighted by molar-refractivity contribution is 5.94. The van der Waals surface area contributed by atoms with Crippen LogP contribution in [0.1, 0.15) is 60.2 Å². The first-order valence-corrected chi connectivity index (χ1v) is 8.86. The lowest BCUT2D eigenvalue weighted by Gasteiger charge is -2.42. The zero-order chi connectivity index (χ0) is 16.1. The lowest BCUT2D eigenvalue weighted by Crippen LogP contribution is -2.38. The number of pyridine rings is 1. The monoisotopic (exact) mass is 323 g/mol. The van der Waals surface area contributed by atoms with Crippen LogP contribution in [0.25, 0.3) is 0 Å². The summed E-state index contributed by atoms with van der Waals surface area (Å²) in [6.07, 6.45) is 11.3. The van der Waals surface area contributed by atoms with E-state index < -0.39 is 0 Å². The van der Waals surface area contributed by atoms with Gasteiger partial charge in [0, 0.05) is 43.0 Å². The van der Waals surface area contributed by atoms with Crippen molar-refractivity contribution in [2.24, 2.45) is 5.41 Å². The first-order valence-electron chi connectivity index (χ1n) is 8.86. The number of likely N-dealkylation sites (tertiary alicyclic amines) is 1. The number of nitrogens with zero attached hydrogens (tertiary/aromatic N) is 5. The molecule has 0 bridgehead atoms. The third kappa shape index (κ3) is 2.08. The highest BCUT2D eigenvalue weighted by Crippen LogP contribution is 2.56. The highest BCUT2D eigenvalue weighted by Gasteiger charge is 2.54. The zero-order valence-corrected chi connectivity index (χ0v) is 13.6. The van der Waals surface area contributed by atoms with Gasteiger partial charge >= 0.3 is 0 Å². The summed E-state index contributed by atoms with van der Waals surface area (Å²) >= 11 is 0. The van der Waals surface area contributed by atoms with E-state index in [4.69, 9.17) is 0 Å². The molecule has 6 nitrogen and oxygen atoms in total. The molecule has 3 fully saturated rings. The molecule has 124 valence electrons. The van der Waals surface area contributed by atoms with Gasteiger partial charge in [-0.15, -0.1) is 10.2 Å². The summed E-state index contributed by atoms with van der Waals surface area (Å²) in [5.74, 6) is 1.53. The summed E-state index contributed by atoms with van der Waals surface area (Å²) in [4.78, 5) is 18.9. The third-order valence-corrected chi connectivity index (χ3v) is 6.06. The van der Waals surface area contributed by atoms with Crippen LogP contribution in [0.3, 0.4) is 0 Å². The summed E-state index contributed by atoms with van der Waals surface area (Å²) in [7, 11) is 0. The fourth-order valence-corrected chi connectivity index (χ4v) is 4.43. The third-order valence-electron chi connectivity index (χ3n) is 6.06. The van der Waals surface area contributed by atoms with Crippen LogP contribution < -0.4 is 0 Å². The van der Waals surface area contributed by atoms with E-state index in [-0.39, 0.29) is 11.3 Å². The number of hydrogen-bond donors (Lipinski definition) is 0. The first-order chi connectivity index (χ1) is 11.8. The molecule has 1 spiro atoms. The highest BCUT2D eigenvalue weighted by atomic mass is 16.2. The van der Waals surface area contributed by atoms with Crippen molar-refractivity contribution in [1.82, 2.24) is 24.6 Å². The maximum atomic E-state index is 12.9. The summed E-state index contributed by atoms with van der Waals surface area (Å²) in [6, 6.07) is 4.18. The predicted molar refractivity (Wildman–Crippen MR) is 87.5 cm³/mol. The molecule has 2 saturated carbocycles. The fraction of sp³-hybridized carbons (Fsp3) is 0.556. The molecule has 0 aromatic carbocycles. The van der Waals surface area contributed by atoms with E-state index in [1.54, 1.807) is 24.5 Å².